The molecule has 0 aromatic carbocycles. The van der Waals surface area contributed by atoms with E-state index in [-0.39, 0.29) is 11.3 Å². The van der Waals surface area contributed by atoms with Gasteiger partial charge in [-0.25, -0.2) is 4.79 Å². The first-order valence-corrected chi connectivity index (χ1v) is 14.2. The van der Waals surface area contributed by atoms with Gasteiger partial charge in [-0.1, -0.05) is 88.7 Å². The Labute approximate surface area is 203 Å². The number of piperidine rings is 1. The fraction of sp³-hybridized carbons (Fsp3) is 0.828. The number of hydrogen-bond donors (Lipinski definition) is 2. The van der Waals surface area contributed by atoms with Gasteiger partial charge in [-0.15, -0.1) is 0 Å². The van der Waals surface area contributed by atoms with E-state index >= 15 is 0 Å². The van der Waals surface area contributed by atoms with Crippen LogP contribution < -0.4 is 5.73 Å². The molecule has 3 rings (SSSR count). The molecule has 0 saturated carbocycles. The first-order chi connectivity index (χ1) is 16.1. The molecular formula is C29H50N2O2. The third-order valence-electron chi connectivity index (χ3n) is 8.42. The molecule has 0 aromatic heterocycles. The topological polar surface area (TPSA) is 66.6 Å². The Bertz CT molecular complexity index is 656. The van der Waals surface area contributed by atoms with Gasteiger partial charge in [0.05, 0.1) is 0 Å². The Balaban J connectivity index is 1.66. The van der Waals surface area contributed by atoms with E-state index in [0.29, 0.717) is 5.57 Å². The van der Waals surface area contributed by atoms with Crippen molar-refractivity contribution in [1.29, 1.82) is 0 Å². The number of carboxylic acid groups (broad SMARTS) is 1. The Morgan fingerprint density at radius 1 is 0.909 bits per heavy atom. The van der Waals surface area contributed by atoms with Crippen molar-refractivity contribution in [3.8, 4) is 0 Å². The summed E-state index contributed by atoms with van der Waals surface area (Å²) in [6, 6.07) is 0. The Kier molecular flexibility index (Phi) is 11.5. The molecule has 4 heteroatoms. The molecule has 3 bridgehead atoms. The lowest BCUT2D eigenvalue weighted by Gasteiger charge is -2.49. The minimum absolute atomic E-state index is 0.0291. The van der Waals surface area contributed by atoms with Crippen LogP contribution in [0.4, 0.5) is 0 Å². The smallest absolute Gasteiger partial charge is 0.331 e. The van der Waals surface area contributed by atoms with Crippen LogP contribution in [0.2, 0.25) is 0 Å². The number of fused-ring (bicyclic) bond motifs is 1. The van der Waals surface area contributed by atoms with Crippen molar-refractivity contribution in [2.24, 2.45) is 17.1 Å². The molecule has 33 heavy (non-hydrogen) atoms. The summed E-state index contributed by atoms with van der Waals surface area (Å²) >= 11 is 0. The zero-order chi connectivity index (χ0) is 23.4. The number of rotatable bonds is 11. The maximum Gasteiger partial charge on any atom is 0.331 e. The second kappa shape index (κ2) is 14.3. The third kappa shape index (κ3) is 8.24. The van der Waals surface area contributed by atoms with Gasteiger partial charge < -0.3 is 15.7 Å². The number of carbonyl (C=O) groups is 1. The highest BCUT2D eigenvalue weighted by Crippen LogP contribution is 2.49. The second-order valence-electron chi connectivity index (χ2n) is 11.1. The highest BCUT2D eigenvalue weighted by Gasteiger charge is 2.46. The van der Waals surface area contributed by atoms with Crippen molar-refractivity contribution in [2.45, 2.75) is 116 Å². The predicted molar refractivity (Wildman–Crippen MR) is 138 cm³/mol. The Morgan fingerprint density at radius 2 is 1.55 bits per heavy atom. The lowest BCUT2D eigenvalue weighted by Crippen LogP contribution is -2.50. The Hall–Kier alpha value is -1.13. The summed E-state index contributed by atoms with van der Waals surface area (Å²) in [5, 5.41) is 10.1. The number of unbranched alkanes of at least 4 members (excludes halogenated alkanes) is 7. The summed E-state index contributed by atoms with van der Waals surface area (Å²) in [6.45, 7) is 4.13. The van der Waals surface area contributed by atoms with Gasteiger partial charge in [0.25, 0.3) is 0 Å². The standard InChI is InChI=1S/C29H50N2O2/c30-19-14-10-6-2-1-5-9-13-18-29-23-25-16-12-8-4-3-7-11-15-20-31(24-29)21-17-27(29)26(22-25)28(32)33/h22-23,27H,1-21,24,30H2,(H,32,33)/t27-,29-/m1/s1. The van der Waals surface area contributed by atoms with Crippen LogP contribution in [0.25, 0.3) is 0 Å². The van der Waals surface area contributed by atoms with Crippen molar-refractivity contribution < 1.29 is 9.90 Å². The molecule has 0 radical (unpaired) electrons. The van der Waals surface area contributed by atoms with E-state index < -0.39 is 5.97 Å². The molecule has 2 aliphatic heterocycles. The first kappa shape index (κ1) is 26.5. The molecule has 3 atom stereocenters. The van der Waals surface area contributed by atoms with E-state index in [1.165, 1.54) is 102 Å². The summed E-state index contributed by atoms with van der Waals surface area (Å²) in [5.41, 5.74) is 7.64. The molecule has 1 saturated heterocycles. The summed E-state index contributed by atoms with van der Waals surface area (Å²) in [4.78, 5) is 15.0. The lowest BCUT2D eigenvalue weighted by atomic mass is 9.61. The van der Waals surface area contributed by atoms with Gasteiger partial charge in [0.15, 0.2) is 0 Å². The zero-order valence-electron chi connectivity index (χ0n) is 21.2. The molecule has 188 valence electrons. The molecule has 4 nitrogen and oxygen atoms in total. The Morgan fingerprint density at radius 3 is 2.24 bits per heavy atom. The van der Waals surface area contributed by atoms with Gasteiger partial charge in [-0.2, -0.15) is 0 Å². The molecule has 0 amide bonds. The number of hydrogen-bond acceptors (Lipinski definition) is 3. The second-order valence-corrected chi connectivity index (χ2v) is 11.1. The maximum atomic E-state index is 12.3. The molecule has 2 heterocycles. The SMILES string of the molecule is NCCCCCCCCCC[C@]12C=C3C=C(C(=O)O)[C@H]1CCN(CCCCCCCCC3)C2. The zero-order valence-corrected chi connectivity index (χ0v) is 21.2. The van der Waals surface area contributed by atoms with Crippen molar-refractivity contribution >= 4 is 5.97 Å². The van der Waals surface area contributed by atoms with Crippen molar-refractivity contribution in [3.63, 3.8) is 0 Å². The highest BCUT2D eigenvalue weighted by atomic mass is 16.4. The van der Waals surface area contributed by atoms with Crippen molar-refractivity contribution in [3.05, 3.63) is 23.3 Å². The average molecular weight is 459 g/mol. The summed E-state index contributed by atoms with van der Waals surface area (Å²) < 4.78 is 0. The number of carboxylic acids is 1. The van der Waals surface area contributed by atoms with Crippen LogP contribution >= 0.6 is 0 Å². The van der Waals surface area contributed by atoms with E-state index in [2.05, 4.69) is 17.1 Å². The van der Waals surface area contributed by atoms with Gasteiger partial charge in [0.1, 0.15) is 0 Å². The fourth-order valence-corrected chi connectivity index (χ4v) is 6.61. The minimum Gasteiger partial charge on any atom is -0.478 e. The van der Waals surface area contributed by atoms with E-state index in [1.807, 2.05) is 0 Å². The predicted octanol–water partition coefficient (Wildman–Crippen LogP) is 6.85. The van der Waals surface area contributed by atoms with E-state index in [9.17, 15) is 9.90 Å². The molecule has 1 aliphatic carbocycles. The first-order valence-electron chi connectivity index (χ1n) is 14.2. The normalized spacial score (nSPS) is 28.6. The fourth-order valence-electron chi connectivity index (χ4n) is 6.61. The van der Waals surface area contributed by atoms with Crippen LogP contribution in [0.15, 0.2) is 23.3 Å². The van der Waals surface area contributed by atoms with Gasteiger partial charge in [-0.05, 0) is 64.2 Å². The number of nitrogens with two attached hydrogens (primary N) is 1. The average Bonchev–Trinajstić information content (AvgIpc) is 2.80. The van der Waals surface area contributed by atoms with Gasteiger partial charge >= 0.3 is 5.97 Å². The number of nitrogens with zero attached hydrogens (tertiary/aromatic N) is 1. The lowest BCUT2D eigenvalue weighted by molar-refractivity contribution is -0.134. The molecule has 3 N–H and O–H groups in total. The van der Waals surface area contributed by atoms with Crippen molar-refractivity contribution in [1.82, 2.24) is 4.90 Å². The van der Waals surface area contributed by atoms with Crippen LogP contribution in [0.1, 0.15) is 116 Å². The van der Waals surface area contributed by atoms with Gasteiger partial charge in [0.2, 0.25) is 0 Å². The van der Waals surface area contributed by atoms with Crippen LogP contribution in [0.3, 0.4) is 0 Å². The van der Waals surface area contributed by atoms with Crippen LogP contribution in [-0.4, -0.2) is 42.2 Å². The molecule has 1 unspecified atom stereocenters. The van der Waals surface area contributed by atoms with E-state index in [0.717, 1.165) is 45.3 Å². The van der Waals surface area contributed by atoms with E-state index in [1.54, 1.807) is 0 Å². The van der Waals surface area contributed by atoms with Gasteiger partial charge in [-0.3, -0.25) is 0 Å². The summed E-state index contributed by atoms with van der Waals surface area (Å²) in [6.07, 6.45) is 27.2. The molecule has 0 spiro atoms. The highest BCUT2D eigenvalue weighted by molar-refractivity contribution is 5.88. The van der Waals surface area contributed by atoms with Gasteiger partial charge in [0, 0.05) is 23.5 Å². The molecule has 0 aromatic rings. The van der Waals surface area contributed by atoms with Crippen LogP contribution in [0, 0.1) is 11.3 Å². The monoisotopic (exact) mass is 458 g/mol. The number of aliphatic carboxylic acids is 1. The maximum absolute atomic E-state index is 12.3. The largest absolute Gasteiger partial charge is 0.478 e. The summed E-state index contributed by atoms with van der Waals surface area (Å²) in [7, 11) is 0. The van der Waals surface area contributed by atoms with E-state index in [4.69, 9.17) is 5.73 Å². The van der Waals surface area contributed by atoms with Crippen molar-refractivity contribution in [2.75, 3.05) is 26.2 Å². The minimum atomic E-state index is -0.679. The molecule has 3 aliphatic rings. The summed E-state index contributed by atoms with van der Waals surface area (Å²) in [5.74, 6) is -0.485. The van der Waals surface area contributed by atoms with Crippen LogP contribution in [-0.2, 0) is 4.79 Å². The molecule has 1 fully saturated rings. The number of allylic oxidation sites excluding steroid dienone is 2. The molecular weight excluding hydrogens is 408 g/mol. The quantitative estimate of drug-likeness (QED) is 0.332. The van der Waals surface area contributed by atoms with Crippen LogP contribution in [0.5, 0.6) is 0 Å². The third-order valence-corrected chi connectivity index (χ3v) is 8.42.